The lowest BCUT2D eigenvalue weighted by molar-refractivity contribution is 0.283. The molecule has 14 heavy (non-hydrogen) atoms. The summed E-state index contributed by atoms with van der Waals surface area (Å²) in [5.74, 6) is 0.695. The SMILES string of the molecule is CC(C)CN(C)CCCC(C)(N)C#N. The van der Waals surface area contributed by atoms with Gasteiger partial charge in [0.05, 0.1) is 6.07 Å². The van der Waals surface area contributed by atoms with Crippen molar-refractivity contribution in [3.05, 3.63) is 0 Å². The Balaban J connectivity index is 3.60. The van der Waals surface area contributed by atoms with Crippen molar-refractivity contribution in [2.45, 2.75) is 39.2 Å². The predicted octanol–water partition coefficient (Wildman–Crippen LogP) is 1.60. The Morgan fingerprint density at radius 2 is 2.07 bits per heavy atom. The summed E-state index contributed by atoms with van der Waals surface area (Å²) in [7, 11) is 2.11. The zero-order chi connectivity index (χ0) is 11.2. The van der Waals surface area contributed by atoms with Crippen LogP contribution in [0.5, 0.6) is 0 Å². The van der Waals surface area contributed by atoms with E-state index in [1.807, 2.05) is 0 Å². The van der Waals surface area contributed by atoms with E-state index in [1.165, 1.54) is 0 Å². The summed E-state index contributed by atoms with van der Waals surface area (Å²) in [6.07, 6.45) is 1.76. The van der Waals surface area contributed by atoms with E-state index in [0.29, 0.717) is 5.92 Å². The van der Waals surface area contributed by atoms with Crippen molar-refractivity contribution in [3.8, 4) is 6.07 Å². The first-order chi connectivity index (χ1) is 6.37. The lowest BCUT2D eigenvalue weighted by Gasteiger charge is -2.21. The van der Waals surface area contributed by atoms with Crippen LogP contribution >= 0.6 is 0 Å². The van der Waals surface area contributed by atoms with Gasteiger partial charge in [0.1, 0.15) is 5.54 Å². The number of nitrogens with two attached hydrogens (primary N) is 1. The summed E-state index contributed by atoms with van der Waals surface area (Å²) < 4.78 is 0. The molecule has 0 fully saturated rings. The van der Waals surface area contributed by atoms with Gasteiger partial charge in [-0.1, -0.05) is 13.8 Å². The van der Waals surface area contributed by atoms with Crippen molar-refractivity contribution in [1.82, 2.24) is 4.90 Å². The van der Waals surface area contributed by atoms with E-state index in [2.05, 4.69) is 31.9 Å². The summed E-state index contributed by atoms with van der Waals surface area (Å²) in [4.78, 5) is 2.29. The van der Waals surface area contributed by atoms with Gasteiger partial charge in [-0.25, -0.2) is 0 Å². The molecule has 0 spiro atoms. The van der Waals surface area contributed by atoms with Crippen LogP contribution in [0.1, 0.15) is 33.6 Å². The van der Waals surface area contributed by atoms with Gasteiger partial charge in [-0.2, -0.15) is 5.26 Å². The molecule has 3 heteroatoms. The van der Waals surface area contributed by atoms with Crippen molar-refractivity contribution in [2.75, 3.05) is 20.1 Å². The first kappa shape index (κ1) is 13.4. The second-order valence-electron chi connectivity index (χ2n) is 4.79. The maximum Gasteiger partial charge on any atom is 0.101 e. The predicted molar refractivity (Wildman–Crippen MR) is 59.8 cm³/mol. The largest absolute Gasteiger partial charge is 0.314 e. The highest BCUT2D eigenvalue weighted by molar-refractivity contribution is 5.00. The van der Waals surface area contributed by atoms with Gasteiger partial charge in [0.25, 0.3) is 0 Å². The van der Waals surface area contributed by atoms with Crippen molar-refractivity contribution < 1.29 is 0 Å². The quantitative estimate of drug-likeness (QED) is 0.703. The highest BCUT2D eigenvalue weighted by Gasteiger charge is 2.16. The monoisotopic (exact) mass is 197 g/mol. The third-order valence-electron chi connectivity index (χ3n) is 2.17. The van der Waals surface area contributed by atoms with Crippen LogP contribution in [0.3, 0.4) is 0 Å². The summed E-state index contributed by atoms with van der Waals surface area (Å²) in [5.41, 5.74) is 5.07. The summed E-state index contributed by atoms with van der Waals surface area (Å²) in [6, 6.07) is 2.12. The zero-order valence-electron chi connectivity index (χ0n) is 9.88. The standard InChI is InChI=1S/C11H23N3/c1-10(2)8-14(4)7-5-6-11(3,13)9-12/h10H,5-8,13H2,1-4H3. The molecule has 0 amide bonds. The van der Waals surface area contributed by atoms with Crippen molar-refractivity contribution in [1.29, 1.82) is 5.26 Å². The van der Waals surface area contributed by atoms with Crippen LogP contribution in [0.2, 0.25) is 0 Å². The molecule has 0 aliphatic heterocycles. The van der Waals surface area contributed by atoms with Gasteiger partial charge in [0, 0.05) is 6.54 Å². The van der Waals surface area contributed by atoms with E-state index in [0.717, 1.165) is 25.9 Å². The molecule has 0 saturated heterocycles. The van der Waals surface area contributed by atoms with Crippen molar-refractivity contribution in [3.63, 3.8) is 0 Å². The molecule has 3 nitrogen and oxygen atoms in total. The molecule has 0 aromatic heterocycles. The van der Waals surface area contributed by atoms with E-state index in [4.69, 9.17) is 11.0 Å². The van der Waals surface area contributed by atoms with E-state index >= 15 is 0 Å². The molecule has 1 atom stereocenters. The maximum absolute atomic E-state index is 8.72. The number of nitriles is 1. The highest BCUT2D eigenvalue weighted by Crippen LogP contribution is 2.08. The first-order valence-electron chi connectivity index (χ1n) is 5.26. The van der Waals surface area contributed by atoms with Crippen molar-refractivity contribution >= 4 is 0 Å². The molecule has 0 bridgehead atoms. The Bertz CT molecular complexity index is 191. The van der Waals surface area contributed by atoms with Crippen LogP contribution in [-0.4, -0.2) is 30.6 Å². The van der Waals surface area contributed by atoms with E-state index < -0.39 is 5.54 Å². The molecule has 0 aromatic rings. The number of rotatable bonds is 6. The lowest BCUT2D eigenvalue weighted by atomic mass is 9.99. The molecular formula is C11H23N3. The Morgan fingerprint density at radius 1 is 1.50 bits per heavy atom. The molecular weight excluding hydrogens is 174 g/mol. The van der Waals surface area contributed by atoms with Gasteiger partial charge in [-0.15, -0.1) is 0 Å². The molecule has 1 unspecified atom stereocenters. The molecule has 0 heterocycles. The van der Waals surface area contributed by atoms with Gasteiger partial charge >= 0.3 is 0 Å². The third kappa shape index (κ3) is 6.88. The molecule has 2 N–H and O–H groups in total. The Morgan fingerprint density at radius 3 is 2.50 bits per heavy atom. The summed E-state index contributed by atoms with van der Waals surface area (Å²) >= 11 is 0. The normalized spacial score (nSPS) is 15.6. The molecule has 0 aromatic carbocycles. The number of nitrogens with zero attached hydrogens (tertiary/aromatic N) is 2. The fraction of sp³-hybridized carbons (Fsp3) is 0.909. The van der Waals surface area contributed by atoms with Gasteiger partial charge in [0.2, 0.25) is 0 Å². The van der Waals surface area contributed by atoms with E-state index in [1.54, 1.807) is 6.92 Å². The molecule has 0 aliphatic rings. The molecule has 0 radical (unpaired) electrons. The fourth-order valence-electron chi connectivity index (χ4n) is 1.49. The van der Waals surface area contributed by atoms with Gasteiger partial charge in [0.15, 0.2) is 0 Å². The smallest absolute Gasteiger partial charge is 0.101 e. The van der Waals surface area contributed by atoms with Gasteiger partial charge < -0.3 is 10.6 Å². The number of hydrogen-bond acceptors (Lipinski definition) is 3. The van der Waals surface area contributed by atoms with Crippen molar-refractivity contribution in [2.24, 2.45) is 11.7 Å². The fourth-order valence-corrected chi connectivity index (χ4v) is 1.49. The molecule has 0 rings (SSSR count). The summed E-state index contributed by atoms with van der Waals surface area (Å²) in [6.45, 7) is 8.33. The Labute approximate surface area is 87.9 Å². The minimum Gasteiger partial charge on any atom is -0.314 e. The zero-order valence-corrected chi connectivity index (χ0v) is 9.88. The van der Waals surface area contributed by atoms with Crippen LogP contribution < -0.4 is 5.73 Å². The van der Waals surface area contributed by atoms with Crippen LogP contribution in [0.4, 0.5) is 0 Å². The van der Waals surface area contributed by atoms with Crippen LogP contribution in [0.25, 0.3) is 0 Å². The van der Waals surface area contributed by atoms with E-state index in [9.17, 15) is 0 Å². The average molecular weight is 197 g/mol. The second kappa shape index (κ2) is 6.00. The Hall–Kier alpha value is -0.590. The van der Waals surface area contributed by atoms with Crippen LogP contribution in [-0.2, 0) is 0 Å². The van der Waals surface area contributed by atoms with Crippen LogP contribution in [0.15, 0.2) is 0 Å². The first-order valence-corrected chi connectivity index (χ1v) is 5.26. The van der Waals surface area contributed by atoms with Gasteiger partial charge in [-0.05, 0) is 39.3 Å². The second-order valence-corrected chi connectivity index (χ2v) is 4.79. The molecule has 82 valence electrons. The minimum absolute atomic E-state index is 0.654. The topological polar surface area (TPSA) is 53.0 Å². The summed E-state index contributed by atoms with van der Waals surface area (Å²) in [5, 5.41) is 8.72. The molecule has 0 saturated carbocycles. The number of hydrogen-bond donors (Lipinski definition) is 1. The Kier molecular flexibility index (Phi) is 5.75. The van der Waals surface area contributed by atoms with Gasteiger partial charge in [-0.3, -0.25) is 0 Å². The third-order valence-corrected chi connectivity index (χ3v) is 2.17. The molecule has 0 aliphatic carbocycles. The average Bonchev–Trinajstić information content (AvgIpc) is 2.02. The van der Waals surface area contributed by atoms with E-state index in [-0.39, 0.29) is 0 Å². The van der Waals surface area contributed by atoms with Crippen LogP contribution in [0, 0.1) is 17.2 Å². The maximum atomic E-state index is 8.72. The lowest BCUT2D eigenvalue weighted by Crippen LogP contribution is -2.35. The minimum atomic E-state index is -0.654. The highest BCUT2D eigenvalue weighted by atomic mass is 15.1.